The highest BCUT2D eigenvalue weighted by Gasteiger charge is 2.44. The Morgan fingerprint density at radius 2 is 1.88 bits per heavy atom. The van der Waals surface area contributed by atoms with E-state index in [4.69, 9.17) is 5.73 Å². The molecule has 2 aromatic carbocycles. The molecule has 3 N–H and O–H groups in total. The van der Waals surface area contributed by atoms with Gasteiger partial charge in [-0.25, -0.2) is 0 Å². The largest absolute Gasteiger partial charge is 0.391 e. The maximum atomic E-state index is 12.6. The van der Waals surface area contributed by atoms with E-state index in [9.17, 15) is 9.90 Å². The van der Waals surface area contributed by atoms with Crippen molar-refractivity contribution in [2.45, 2.75) is 43.2 Å². The number of aliphatic hydroxyl groups is 1. The molecule has 134 valence electrons. The zero-order valence-electron chi connectivity index (χ0n) is 14.2. The third-order valence-electron chi connectivity index (χ3n) is 5.74. The van der Waals surface area contributed by atoms with Crippen LogP contribution in [0.25, 0.3) is 10.8 Å². The van der Waals surface area contributed by atoms with Crippen LogP contribution in [0.3, 0.4) is 0 Å². The van der Waals surface area contributed by atoms with E-state index in [-0.39, 0.29) is 24.2 Å². The van der Waals surface area contributed by atoms with E-state index in [1.165, 1.54) is 10.8 Å². The lowest BCUT2D eigenvalue weighted by atomic mass is 9.76. The van der Waals surface area contributed by atoms with Crippen molar-refractivity contribution >= 4 is 29.1 Å². The number of aliphatic hydroxyl groups excluding tert-OH is 1. The van der Waals surface area contributed by atoms with Crippen molar-refractivity contribution in [1.29, 1.82) is 0 Å². The molecule has 1 saturated carbocycles. The highest BCUT2D eigenvalue weighted by Crippen LogP contribution is 2.35. The minimum Gasteiger partial charge on any atom is -0.391 e. The first-order valence-electron chi connectivity index (χ1n) is 8.82. The summed E-state index contributed by atoms with van der Waals surface area (Å²) in [5, 5.41) is 13.0. The monoisotopic (exact) mass is 360 g/mol. The third-order valence-corrected chi connectivity index (χ3v) is 5.74. The molecule has 1 aliphatic carbocycles. The van der Waals surface area contributed by atoms with Gasteiger partial charge in [0.05, 0.1) is 11.6 Å². The van der Waals surface area contributed by atoms with Crippen LogP contribution in [0, 0.1) is 0 Å². The number of benzene rings is 2. The van der Waals surface area contributed by atoms with E-state index >= 15 is 0 Å². The Morgan fingerprint density at radius 3 is 2.52 bits per heavy atom. The number of fused-ring (bicyclic) bond motifs is 1. The van der Waals surface area contributed by atoms with Gasteiger partial charge < -0.3 is 15.7 Å². The standard InChI is InChI=1S/C20H24N2O2.ClH/c21-20(9-3-10-20)19(24)22-11-8-17(18(23)13-22)16-7-6-14-4-1-2-5-15(14)12-16;/h1-2,4-7,12,17-18,23H,3,8-11,13,21H2;1H/t17-,18+;/m0./s1. The zero-order valence-corrected chi connectivity index (χ0v) is 15.0. The first-order chi connectivity index (χ1) is 11.6. The lowest BCUT2D eigenvalue weighted by Crippen LogP contribution is -2.61. The van der Waals surface area contributed by atoms with Crippen LogP contribution >= 0.6 is 12.4 Å². The van der Waals surface area contributed by atoms with Gasteiger partial charge in [0.1, 0.15) is 0 Å². The van der Waals surface area contributed by atoms with Crippen LogP contribution in [-0.4, -0.2) is 40.6 Å². The number of rotatable bonds is 2. The Morgan fingerprint density at radius 1 is 1.16 bits per heavy atom. The van der Waals surface area contributed by atoms with E-state index in [1.807, 2.05) is 12.1 Å². The predicted octanol–water partition coefficient (Wildman–Crippen LogP) is 2.82. The van der Waals surface area contributed by atoms with Crippen LogP contribution in [0.5, 0.6) is 0 Å². The van der Waals surface area contributed by atoms with Crippen LogP contribution in [0.2, 0.25) is 0 Å². The Bertz CT molecular complexity index is 775. The lowest BCUT2D eigenvalue weighted by Gasteiger charge is -2.44. The van der Waals surface area contributed by atoms with Gasteiger partial charge in [-0.1, -0.05) is 42.5 Å². The van der Waals surface area contributed by atoms with Gasteiger partial charge in [-0.05, 0) is 42.0 Å². The summed E-state index contributed by atoms with van der Waals surface area (Å²) in [6.45, 7) is 1.06. The maximum absolute atomic E-state index is 12.6. The second-order valence-corrected chi connectivity index (χ2v) is 7.33. The first kappa shape index (κ1) is 18.2. The number of carbonyl (C=O) groups excluding carboxylic acids is 1. The fraction of sp³-hybridized carbons (Fsp3) is 0.450. The maximum Gasteiger partial charge on any atom is 0.242 e. The number of halogens is 1. The number of nitrogens with two attached hydrogens (primary N) is 1. The highest BCUT2D eigenvalue weighted by molar-refractivity contribution is 5.87. The van der Waals surface area contributed by atoms with Gasteiger partial charge in [-0.3, -0.25) is 4.79 Å². The predicted molar refractivity (Wildman–Crippen MR) is 102 cm³/mol. The van der Waals surface area contributed by atoms with E-state index in [2.05, 4.69) is 30.3 Å². The molecule has 2 atom stereocenters. The molecular weight excluding hydrogens is 336 g/mol. The van der Waals surface area contributed by atoms with Crippen LogP contribution in [-0.2, 0) is 4.79 Å². The zero-order chi connectivity index (χ0) is 16.7. The minimum absolute atomic E-state index is 0. The van der Waals surface area contributed by atoms with Gasteiger partial charge in [0.15, 0.2) is 0 Å². The SMILES string of the molecule is Cl.NC1(C(=O)N2CC[C@@H](c3ccc4ccccc4c3)[C@H](O)C2)CCC1. The van der Waals surface area contributed by atoms with Crippen molar-refractivity contribution in [3.05, 3.63) is 48.0 Å². The van der Waals surface area contributed by atoms with E-state index < -0.39 is 11.6 Å². The number of β-amino-alcohol motifs (C(OH)–C–C–N with tert-alkyl or cyclic N) is 1. The van der Waals surface area contributed by atoms with Crippen molar-refractivity contribution in [2.75, 3.05) is 13.1 Å². The van der Waals surface area contributed by atoms with E-state index in [0.29, 0.717) is 13.1 Å². The molecule has 0 spiro atoms. The van der Waals surface area contributed by atoms with Gasteiger partial charge in [0.25, 0.3) is 0 Å². The summed E-state index contributed by atoms with van der Waals surface area (Å²) in [6.07, 6.45) is 2.81. The molecule has 2 fully saturated rings. The van der Waals surface area contributed by atoms with Gasteiger partial charge in [-0.15, -0.1) is 12.4 Å². The molecule has 2 aliphatic rings. The van der Waals surface area contributed by atoms with Gasteiger partial charge in [-0.2, -0.15) is 0 Å². The van der Waals surface area contributed by atoms with Gasteiger partial charge in [0, 0.05) is 19.0 Å². The summed E-state index contributed by atoms with van der Waals surface area (Å²) in [6, 6.07) is 14.6. The van der Waals surface area contributed by atoms with Gasteiger partial charge in [0.2, 0.25) is 5.91 Å². The molecule has 1 saturated heterocycles. The molecular formula is C20H25ClN2O2. The number of carbonyl (C=O) groups is 1. The average Bonchev–Trinajstić information content (AvgIpc) is 2.58. The normalized spacial score (nSPS) is 25.1. The molecule has 5 heteroatoms. The van der Waals surface area contributed by atoms with Crippen LogP contribution < -0.4 is 5.73 Å². The summed E-state index contributed by atoms with van der Waals surface area (Å²) >= 11 is 0. The second kappa shape index (κ2) is 6.94. The summed E-state index contributed by atoms with van der Waals surface area (Å²) in [5.41, 5.74) is 6.64. The molecule has 25 heavy (non-hydrogen) atoms. The summed E-state index contributed by atoms with van der Waals surface area (Å²) in [4.78, 5) is 14.3. The topological polar surface area (TPSA) is 66.6 Å². The molecule has 1 heterocycles. The number of hydrogen-bond acceptors (Lipinski definition) is 3. The lowest BCUT2D eigenvalue weighted by molar-refractivity contribution is -0.143. The highest BCUT2D eigenvalue weighted by atomic mass is 35.5. The number of likely N-dealkylation sites (tertiary alicyclic amines) is 1. The van der Waals surface area contributed by atoms with Crippen LogP contribution in [0.4, 0.5) is 0 Å². The number of hydrogen-bond donors (Lipinski definition) is 2. The minimum atomic E-state index is -0.671. The third kappa shape index (κ3) is 3.26. The van der Waals surface area contributed by atoms with Crippen molar-refractivity contribution < 1.29 is 9.90 Å². The Hall–Kier alpha value is -1.62. The summed E-state index contributed by atoms with van der Waals surface area (Å²) in [7, 11) is 0. The first-order valence-corrected chi connectivity index (χ1v) is 8.82. The second-order valence-electron chi connectivity index (χ2n) is 7.33. The molecule has 0 radical (unpaired) electrons. The molecule has 0 unspecified atom stereocenters. The van der Waals surface area contributed by atoms with Crippen LogP contribution in [0.1, 0.15) is 37.2 Å². The Balaban J connectivity index is 0.00000182. The van der Waals surface area contributed by atoms with Crippen molar-refractivity contribution in [3.8, 4) is 0 Å². The smallest absolute Gasteiger partial charge is 0.242 e. The molecule has 2 aromatic rings. The Kier molecular flexibility index (Phi) is 5.05. The average molecular weight is 361 g/mol. The fourth-order valence-corrected chi connectivity index (χ4v) is 4.03. The summed E-state index contributed by atoms with van der Waals surface area (Å²) < 4.78 is 0. The molecule has 4 nitrogen and oxygen atoms in total. The Labute approximate surface area is 154 Å². The van der Waals surface area contributed by atoms with E-state index in [1.54, 1.807) is 4.90 Å². The molecule has 0 bridgehead atoms. The molecule has 1 aliphatic heterocycles. The van der Waals surface area contributed by atoms with Crippen molar-refractivity contribution in [3.63, 3.8) is 0 Å². The van der Waals surface area contributed by atoms with Gasteiger partial charge >= 0.3 is 0 Å². The van der Waals surface area contributed by atoms with Crippen LogP contribution in [0.15, 0.2) is 42.5 Å². The number of nitrogens with zero attached hydrogens (tertiary/aromatic N) is 1. The van der Waals surface area contributed by atoms with E-state index in [0.717, 1.165) is 31.2 Å². The summed E-state index contributed by atoms with van der Waals surface area (Å²) in [5.74, 6) is 0.0959. The fourth-order valence-electron chi connectivity index (χ4n) is 4.03. The van der Waals surface area contributed by atoms with Crippen molar-refractivity contribution in [1.82, 2.24) is 4.90 Å². The molecule has 1 amide bonds. The number of piperidine rings is 1. The number of amides is 1. The quantitative estimate of drug-likeness (QED) is 0.865. The molecule has 4 rings (SSSR count). The van der Waals surface area contributed by atoms with Crippen molar-refractivity contribution in [2.24, 2.45) is 5.73 Å². The molecule has 0 aromatic heterocycles.